The predicted molar refractivity (Wildman–Crippen MR) is 98.8 cm³/mol. The van der Waals surface area contributed by atoms with Crippen LogP contribution in [0.1, 0.15) is 25.7 Å². The summed E-state index contributed by atoms with van der Waals surface area (Å²) in [7, 11) is 2.09. The smallest absolute Gasteiger partial charge is 0.251 e. The fraction of sp³-hybridized carbons (Fsp3) is 0.400. The zero-order valence-corrected chi connectivity index (χ0v) is 14.6. The molecule has 0 radical (unpaired) electrons. The molecule has 0 aromatic heterocycles. The molecular weight excluding hydrogens is 314 g/mol. The van der Waals surface area contributed by atoms with Crippen molar-refractivity contribution in [3.05, 3.63) is 53.8 Å². The molecule has 1 fully saturated rings. The van der Waals surface area contributed by atoms with Gasteiger partial charge in [0.05, 0.1) is 0 Å². The number of benzene rings is 1. The van der Waals surface area contributed by atoms with E-state index < -0.39 is 0 Å². The number of anilines is 1. The number of allylic oxidation sites excluding steroid dienone is 3. The molecule has 3 rings (SSSR count). The molecule has 0 spiro atoms. The molecule has 1 aromatic rings. The van der Waals surface area contributed by atoms with E-state index in [1.54, 1.807) is 0 Å². The highest BCUT2D eigenvalue weighted by Crippen LogP contribution is 2.21. The molecule has 2 aliphatic rings. The number of nitrogens with zero attached hydrogens (tertiary/aromatic N) is 1. The molecule has 2 amide bonds. The summed E-state index contributed by atoms with van der Waals surface area (Å²) in [6.45, 7) is 1.95. The van der Waals surface area contributed by atoms with Gasteiger partial charge in [-0.3, -0.25) is 9.59 Å². The van der Waals surface area contributed by atoms with Crippen molar-refractivity contribution in [2.75, 3.05) is 25.5 Å². The summed E-state index contributed by atoms with van der Waals surface area (Å²) in [6.07, 6.45) is 6.82. The molecule has 0 atom stereocenters. The summed E-state index contributed by atoms with van der Waals surface area (Å²) in [5.74, 6) is 0.136. The first kappa shape index (κ1) is 17.4. The van der Waals surface area contributed by atoms with E-state index in [0.717, 1.165) is 42.9 Å². The number of piperidine rings is 1. The Hall–Kier alpha value is -2.40. The van der Waals surface area contributed by atoms with Crippen LogP contribution in [0.2, 0.25) is 0 Å². The third kappa shape index (κ3) is 4.79. The van der Waals surface area contributed by atoms with Crippen LogP contribution in [0.15, 0.2) is 53.8 Å². The lowest BCUT2D eigenvalue weighted by molar-refractivity contribution is -0.125. The van der Waals surface area contributed by atoms with E-state index in [4.69, 9.17) is 0 Å². The van der Waals surface area contributed by atoms with Crippen LogP contribution in [0.3, 0.4) is 0 Å². The Kier molecular flexibility index (Phi) is 5.66. The van der Waals surface area contributed by atoms with Gasteiger partial charge in [-0.2, -0.15) is 0 Å². The summed E-state index contributed by atoms with van der Waals surface area (Å²) < 4.78 is 0. The first-order chi connectivity index (χ1) is 12.1. The van der Waals surface area contributed by atoms with Gasteiger partial charge in [0, 0.05) is 22.9 Å². The summed E-state index contributed by atoms with van der Waals surface area (Å²) in [4.78, 5) is 26.9. The molecule has 1 aliphatic carbocycles. The molecule has 0 bridgehead atoms. The van der Waals surface area contributed by atoms with Crippen molar-refractivity contribution in [3.63, 3.8) is 0 Å². The highest BCUT2D eigenvalue weighted by molar-refractivity contribution is 6.04. The minimum Gasteiger partial charge on any atom is -0.330 e. The van der Waals surface area contributed by atoms with Gasteiger partial charge in [0.2, 0.25) is 5.91 Å². The Labute approximate surface area is 148 Å². The van der Waals surface area contributed by atoms with Crippen molar-refractivity contribution >= 4 is 17.5 Å². The molecule has 132 valence electrons. The summed E-state index contributed by atoms with van der Waals surface area (Å²) in [5, 5.41) is 5.93. The Balaban J connectivity index is 1.53. The van der Waals surface area contributed by atoms with Crippen LogP contribution in [0.4, 0.5) is 5.69 Å². The minimum atomic E-state index is -0.0804. The van der Waals surface area contributed by atoms with Crippen molar-refractivity contribution < 1.29 is 9.59 Å². The van der Waals surface area contributed by atoms with Crippen molar-refractivity contribution in [1.82, 2.24) is 10.2 Å². The fourth-order valence-corrected chi connectivity index (χ4v) is 3.19. The van der Waals surface area contributed by atoms with E-state index in [1.807, 2.05) is 42.5 Å². The highest BCUT2D eigenvalue weighted by atomic mass is 16.2. The van der Waals surface area contributed by atoms with Crippen molar-refractivity contribution in [3.8, 4) is 0 Å². The molecule has 1 saturated heterocycles. The second-order valence-electron chi connectivity index (χ2n) is 6.77. The van der Waals surface area contributed by atoms with Crippen LogP contribution < -0.4 is 10.6 Å². The topological polar surface area (TPSA) is 61.4 Å². The van der Waals surface area contributed by atoms with Crippen LogP contribution in [-0.2, 0) is 9.59 Å². The first-order valence-electron chi connectivity index (χ1n) is 8.87. The third-order valence-electron chi connectivity index (χ3n) is 4.85. The third-order valence-corrected chi connectivity index (χ3v) is 4.85. The second-order valence-corrected chi connectivity index (χ2v) is 6.77. The van der Waals surface area contributed by atoms with Crippen molar-refractivity contribution in [1.29, 1.82) is 0 Å². The van der Waals surface area contributed by atoms with E-state index in [0.29, 0.717) is 12.8 Å². The van der Waals surface area contributed by atoms with Gasteiger partial charge in [-0.1, -0.05) is 24.3 Å². The van der Waals surface area contributed by atoms with E-state index in [1.165, 1.54) is 0 Å². The average molecular weight is 339 g/mol. The lowest BCUT2D eigenvalue weighted by atomic mass is 9.95. The van der Waals surface area contributed by atoms with Crippen LogP contribution in [0.25, 0.3) is 0 Å². The van der Waals surface area contributed by atoms with Gasteiger partial charge in [0.1, 0.15) is 0 Å². The number of rotatable bonds is 4. The lowest BCUT2D eigenvalue weighted by Crippen LogP contribution is -2.38. The van der Waals surface area contributed by atoms with Crippen LogP contribution in [-0.4, -0.2) is 36.9 Å². The van der Waals surface area contributed by atoms with E-state index in [-0.39, 0.29) is 17.7 Å². The summed E-state index contributed by atoms with van der Waals surface area (Å²) in [6, 6.07) is 9.43. The number of nitrogens with one attached hydrogen (secondary N) is 2. The molecule has 1 aromatic carbocycles. The Bertz CT molecular complexity index is 686. The van der Waals surface area contributed by atoms with Gasteiger partial charge in [-0.25, -0.2) is 0 Å². The zero-order valence-electron chi connectivity index (χ0n) is 14.6. The quantitative estimate of drug-likeness (QED) is 0.887. The molecule has 5 nitrogen and oxygen atoms in total. The molecular formula is C20H25N3O2. The molecule has 1 aliphatic heterocycles. The molecule has 5 heteroatoms. The normalized spacial score (nSPS) is 18.9. The maximum absolute atomic E-state index is 12.4. The largest absolute Gasteiger partial charge is 0.330 e. The van der Waals surface area contributed by atoms with Gasteiger partial charge < -0.3 is 15.5 Å². The maximum Gasteiger partial charge on any atom is 0.251 e. The molecule has 0 unspecified atom stereocenters. The van der Waals surface area contributed by atoms with Gasteiger partial charge in [-0.15, -0.1) is 0 Å². The minimum absolute atomic E-state index is 0.0804. The van der Waals surface area contributed by atoms with E-state index in [9.17, 15) is 9.59 Å². The predicted octanol–water partition coefficient (Wildman–Crippen LogP) is 2.69. The van der Waals surface area contributed by atoms with Gasteiger partial charge in [-0.05, 0) is 64.0 Å². The SMILES string of the molecule is CN1CCC(C(=O)NC2=CC=C(C(=O)Nc3ccccc3)CC2)CC1. The molecule has 1 heterocycles. The number of carbonyl (C=O) groups excluding carboxylic acids is 2. The van der Waals surface area contributed by atoms with Crippen LogP contribution >= 0.6 is 0 Å². The lowest BCUT2D eigenvalue weighted by Gasteiger charge is -2.28. The Morgan fingerprint density at radius 2 is 1.72 bits per heavy atom. The Morgan fingerprint density at radius 1 is 1.00 bits per heavy atom. The maximum atomic E-state index is 12.4. The first-order valence-corrected chi connectivity index (χ1v) is 8.87. The van der Waals surface area contributed by atoms with Gasteiger partial charge in [0.25, 0.3) is 5.91 Å². The molecule has 25 heavy (non-hydrogen) atoms. The average Bonchev–Trinajstić information content (AvgIpc) is 2.63. The van der Waals surface area contributed by atoms with E-state index in [2.05, 4.69) is 22.6 Å². The number of amides is 2. The van der Waals surface area contributed by atoms with Crippen LogP contribution in [0, 0.1) is 5.92 Å². The fourth-order valence-electron chi connectivity index (χ4n) is 3.19. The Morgan fingerprint density at radius 3 is 2.36 bits per heavy atom. The van der Waals surface area contributed by atoms with Gasteiger partial charge >= 0.3 is 0 Å². The standard InChI is InChI=1S/C20H25N3O2/c1-23-13-11-16(12-14-23)20(25)22-18-9-7-15(8-10-18)19(24)21-17-5-3-2-4-6-17/h2-7,9,16H,8,10-14H2,1H3,(H,21,24)(H,22,25). The molecule has 2 N–H and O–H groups in total. The zero-order chi connectivity index (χ0) is 17.6. The number of hydrogen-bond donors (Lipinski definition) is 2. The number of likely N-dealkylation sites (tertiary alicyclic amines) is 1. The van der Waals surface area contributed by atoms with Crippen LogP contribution in [0.5, 0.6) is 0 Å². The van der Waals surface area contributed by atoms with Gasteiger partial charge in [0.15, 0.2) is 0 Å². The summed E-state index contributed by atoms with van der Waals surface area (Å²) >= 11 is 0. The van der Waals surface area contributed by atoms with Crippen molar-refractivity contribution in [2.24, 2.45) is 5.92 Å². The monoisotopic (exact) mass is 339 g/mol. The second kappa shape index (κ2) is 8.12. The molecule has 0 saturated carbocycles. The number of hydrogen-bond acceptors (Lipinski definition) is 3. The summed E-state index contributed by atoms with van der Waals surface area (Å²) in [5.41, 5.74) is 2.43. The number of carbonyl (C=O) groups is 2. The highest BCUT2D eigenvalue weighted by Gasteiger charge is 2.24. The number of para-hydroxylation sites is 1. The van der Waals surface area contributed by atoms with Crippen molar-refractivity contribution in [2.45, 2.75) is 25.7 Å². The van der Waals surface area contributed by atoms with E-state index >= 15 is 0 Å².